The number of hydrogen-bond donors (Lipinski definition) is 2. The molecule has 1 aliphatic rings. The molecule has 28 heavy (non-hydrogen) atoms. The maximum atomic E-state index is 9.71. The highest BCUT2D eigenvalue weighted by Crippen LogP contribution is 2.20. The van der Waals surface area contributed by atoms with Crippen molar-refractivity contribution in [2.45, 2.75) is 44.9 Å². The van der Waals surface area contributed by atoms with E-state index in [0.29, 0.717) is 6.04 Å². The lowest BCUT2D eigenvalue weighted by molar-refractivity contribution is 0.143. The van der Waals surface area contributed by atoms with Gasteiger partial charge in [0.15, 0.2) is 0 Å². The Labute approximate surface area is 168 Å². The van der Waals surface area contributed by atoms with Crippen molar-refractivity contribution in [1.29, 1.82) is 0 Å². The zero-order chi connectivity index (χ0) is 20.0. The number of likely N-dealkylation sites (tertiary alicyclic amines) is 1. The second kappa shape index (κ2) is 9.14. The maximum absolute atomic E-state index is 9.71. The van der Waals surface area contributed by atoms with Gasteiger partial charge in [-0.1, -0.05) is 24.0 Å². The summed E-state index contributed by atoms with van der Waals surface area (Å²) in [5.74, 6) is 6.76. The molecule has 0 aromatic heterocycles. The minimum absolute atomic E-state index is 0.457. The molecule has 1 saturated heterocycles. The smallest absolute Gasteiger partial charge is 0.120 e. The number of benzene rings is 2. The monoisotopic (exact) mass is 378 g/mol. The van der Waals surface area contributed by atoms with E-state index in [1.54, 1.807) is 21.0 Å². The lowest BCUT2D eigenvalue weighted by Gasteiger charge is -2.33. The molecule has 0 amide bonds. The predicted octanol–water partition coefficient (Wildman–Crippen LogP) is 3.89. The summed E-state index contributed by atoms with van der Waals surface area (Å²) in [4.78, 5) is 2.50. The molecule has 0 aliphatic carbocycles. The summed E-state index contributed by atoms with van der Waals surface area (Å²) < 4.78 is 5.23. The van der Waals surface area contributed by atoms with Crippen LogP contribution >= 0.6 is 0 Å². The summed E-state index contributed by atoms with van der Waals surface area (Å²) in [7, 11) is 1.69. The molecule has 4 nitrogen and oxygen atoms in total. The van der Waals surface area contributed by atoms with Crippen LogP contribution in [0.3, 0.4) is 0 Å². The van der Waals surface area contributed by atoms with Crippen LogP contribution in [-0.4, -0.2) is 41.8 Å². The average Bonchev–Trinajstić information content (AvgIpc) is 2.68. The van der Waals surface area contributed by atoms with Gasteiger partial charge in [-0.2, -0.15) is 0 Å². The lowest BCUT2D eigenvalue weighted by atomic mass is 10.0. The summed E-state index contributed by atoms with van der Waals surface area (Å²) in [6.07, 6.45) is 2.39. The van der Waals surface area contributed by atoms with E-state index in [9.17, 15) is 5.11 Å². The summed E-state index contributed by atoms with van der Waals surface area (Å²) in [5.41, 5.74) is 2.41. The molecule has 0 saturated carbocycles. The number of nitrogens with one attached hydrogen (secondary N) is 1. The van der Waals surface area contributed by atoms with Gasteiger partial charge in [-0.05, 0) is 75.2 Å². The van der Waals surface area contributed by atoms with E-state index in [-0.39, 0.29) is 0 Å². The number of aliphatic hydroxyl groups is 1. The molecule has 2 aromatic rings. The van der Waals surface area contributed by atoms with Gasteiger partial charge in [-0.25, -0.2) is 0 Å². The molecule has 0 bridgehead atoms. The largest absolute Gasteiger partial charge is 0.497 e. The van der Waals surface area contributed by atoms with Crippen LogP contribution in [0, 0.1) is 11.8 Å². The molecule has 2 aromatic carbocycles. The van der Waals surface area contributed by atoms with Crippen LogP contribution in [0.2, 0.25) is 0 Å². The zero-order valence-electron chi connectivity index (χ0n) is 17.0. The highest BCUT2D eigenvalue weighted by Gasteiger charge is 2.19. The molecular formula is C24H30N2O2. The van der Waals surface area contributed by atoms with E-state index in [1.165, 1.54) is 18.4 Å². The minimum atomic E-state index is -0.960. The van der Waals surface area contributed by atoms with Crippen LogP contribution in [0.15, 0.2) is 48.5 Å². The van der Waals surface area contributed by atoms with Crippen LogP contribution in [0.5, 0.6) is 5.75 Å². The third-order valence-corrected chi connectivity index (χ3v) is 4.84. The standard InChI is InChI=1S/C24H30N2O2/c1-24(2,27)15-14-19-6-8-20(9-7-19)17-26-16-4-5-22(18-26)25-21-10-12-23(28-3)13-11-21/h6-13,22,25,27H,4-5,16-18H2,1-3H3/t22-/m0/s1. The van der Waals surface area contributed by atoms with Crippen LogP contribution in [-0.2, 0) is 6.54 Å². The summed E-state index contributed by atoms with van der Waals surface area (Å²) in [6.45, 7) is 6.50. The Hall–Kier alpha value is -2.48. The van der Waals surface area contributed by atoms with Gasteiger partial charge in [0.05, 0.1) is 7.11 Å². The number of nitrogens with zero attached hydrogens (tertiary/aromatic N) is 1. The molecule has 2 N–H and O–H groups in total. The SMILES string of the molecule is COc1ccc(N[C@H]2CCCN(Cc3ccc(C#CC(C)(C)O)cc3)C2)cc1. The molecule has 1 fully saturated rings. The second-order valence-corrected chi connectivity index (χ2v) is 7.95. The molecule has 0 spiro atoms. The Morgan fingerprint density at radius 1 is 1.14 bits per heavy atom. The number of anilines is 1. The number of rotatable bonds is 5. The first kappa shape index (κ1) is 20.3. The zero-order valence-corrected chi connectivity index (χ0v) is 17.0. The van der Waals surface area contributed by atoms with Gasteiger partial charge < -0.3 is 15.2 Å². The van der Waals surface area contributed by atoms with E-state index < -0.39 is 5.60 Å². The van der Waals surface area contributed by atoms with Gasteiger partial charge in [-0.15, -0.1) is 0 Å². The first-order valence-electron chi connectivity index (χ1n) is 9.89. The Bertz CT molecular complexity index is 811. The second-order valence-electron chi connectivity index (χ2n) is 7.95. The Balaban J connectivity index is 1.54. The van der Waals surface area contributed by atoms with E-state index in [0.717, 1.165) is 36.6 Å². The van der Waals surface area contributed by atoms with Crippen molar-refractivity contribution in [3.05, 3.63) is 59.7 Å². The number of hydrogen-bond acceptors (Lipinski definition) is 4. The Kier molecular flexibility index (Phi) is 6.61. The molecular weight excluding hydrogens is 348 g/mol. The molecule has 148 valence electrons. The first-order valence-corrected chi connectivity index (χ1v) is 9.89. The molecule has 1 atom stereocenters. The Morgan fingerprint density at radius 3 is 2.50 bits per heavy atom. The number of ether oxygens (including phenoxy) is 1. The topological polar surface area (TPSA) is 44.7 Å². The molecule has 1 aliphatic heterocycles. The van der Waals surface area contributed by atoms with Gasteiger partial charge in [-0.3, -0.25) is 4.90 Å². The van der Waals surface area contributed by atoms with Crippen molar-refractivity contribution >= 4 is 5.69 Å². The number of methoxy groups -OCH3 is 1. The van der Waals surface area contributed by atoms with E-state index in [4.69, 9.17) is 4.74 Å². The van der Waals surface area contributed by atoms with Crippen molar-refractivity contribution in [3.8, 4) is 17.6 Å². The molecule has 1 heterocycles. The van der Waals surface area contributed by atoms with Crippen molar-refractivity contribution in [2.75, 3.05) is 25.5 Å². The van der Waals surface area contributed by atoms with Crippen LogP contribution in [0.4, 0.5) is 5.69 Å². The van der Waals surface area contributed by atoms with E-state index in [2.05, 4.69) is 46.3 Å². The van der Waals surface area contributed by atoms with Gasteiger partial charge >= 0.3 is 0 Å². The number of piperidine rings is 1. The molecule has 0 unspecified atom stereocenters. The van der Waals surface area contributed by atoms with Crippen molar-refractivity contribution < 1.29 is 9.84 Å². The fraction of sp³-hybridized carbons (Fsp3) is 0.417. The molecule has 4 heteroatoms. The third kappa shape index (κ3) is 6.30. The predicted molar refractivity (Wildman–Crippen MR) is 115 cm³/mol. The van der Waals surface area contributed by atoms with Crippen LogP contribution in [0.25, 0.3) is 0 Å². The summed E-state index contributed by atoms with van der Waals surface area (Å²) in [5, 5.41) is 13.4. The lowest BCUT2D eigenvalue weighted by Crippen LogP contribution is -2.41. The van der Waals surface area contributed by atoms with Gasteiger partial charge in [0.1, 0.15) is 11.4 Å². The van der Waals surface area contributed by atoms with Crippen molar-refractivity contribution in [2.24, 2.45) is 0 Å². The molecule has 3 rings (SSSR count). The highest BCUT2D eigenvalue weighted by molar-refractivity contribution is 5.47. The fourth-order valence-corrected chi connectivity index (χ4v) is 3.42. The minimum Gasteiger partial charge on any atom is -0.497 e. The summed E-state index contributed by atoms with van der Waals surface area (Å²) >= 11 is 0. The third-order valence-electron chi connectivity index (χ3n) is 4.84. The highest BCUT2D eigenvalue weighted by atomic mass is 16.5. The van der Waals surface area contributed by atoms with Crippen LogP contribution in [0.1, 0.15) is 37.8 Å². The summed E-state index contributed by atoms with van der Waals surface area (Å²) in [6, 6.07) is 16.9. The normalized spacial score (nSPS) is 17.5. The van der Waals surface area contributed by atoms with E-state index >= 15 is 0 Å². The van der Waals surface area contributed by atoms with Gasteiger partial charge in [0.25, 0.3) is 0 Å². The van der Waals surface area contributed by atoms with Crippen molar-refractivity contribution in [1.82, 2.24) is 4.90 Å². The average molecular weight is 379 g/mol. The van der Waals surface area contributed by atoms with Gasteiger partial charge in [0.2, 0.25) is 0 Å². The van der Waals surface area contributed by atoms with Crippen LogP contribution < -0.4 is 10.1 Å². The fourth-order valence-electron chi connectivity index (χ4n) is 3.42. The van der Waals surface area contributed by atoms with Gasteiger partial charge in [0, 0.05) is 30.4 Å². The maximum Gasteiger partial charge on any atom is 0.120 e. The van der Waals surface area contributed by atoms with Crippen molar-refractivity contribution in [3.63, 3.8) is 0 Å². The molecule has 0 radical (unpaired) electrons. The first-order chi connectivity index (χ1) is 13.4. The Morgan fingerprint density at radius 2 is 1.86 bits per heavy atom. The van der Waals surface area contributed by atoms with E-state index in [1.807, 2.05) is 24.3 Å². The quantitative estimate of drug-likeness (QED) is 0.775.